The van der Waals surface area contributed by atoms with Crippen LogP contribution in [0.2, 0.25) is 0 Å². The maximum absolute atomic E-state index is 12.7. The third-order valence-electron chi connectivity index (χ3n) is 5.60. The molecule has 3 aromatic rings. The highest BCUT2D eigenvalue weighted by atomic mass is 16.7. The van der Waals surface area contributed by atoms with Crippen LogP contribution in [0.25, 0.3) is 0 Å². The van der Waals surface area contributed by atoms with Gasteiger partial charge in [-0.05, 0) is 93.1 Å². The van der Waals surface area contributed by atoms with Crippen molar-refractivity contribution >= 4 is 23.9 Å². The van der Waals surface area contributed by atoms with Crippen LogP contribution < -0.4 is 18.9 Å². The predicted octanol–water partition coefficient (Wildman–Crippen LogP) is 5.29. The van der Waals surface area contributed by atoms with Crippen molar-refractivity contribution in [1.29, 1.82) is 0 Å². The molecular weight excluding hydrogens is 588 g/mol. The molecule has 0 aromatic heterocycles. The molecule has 0 bridgehead atoms. The Balaban J connectivity index is 1.43. The van der Waals surface area contributed by atoms with Crippen molar-refractivity contribution in [3.05, 3.63) is 108 Å². The topological polar surface area (TPSA) is 142 Å². The molecule has 3 aromatic carbocycles. The van der Waals surface area contributed by atoms with Crippen LogP contribution in [0.3, 0.4) is 0 Å². The van der Waals surface area contributed by atoms with E-state index in [-0.39, 0.29) is 60.9 Å². The first-order valence-corrected chi connectivity index (χ1v) is 13.3. The van der Waals surface area contributed by atoms with Gasteiger partial charge >= 0.3 is 23.9 Å². The molecule has 0 saturated carbocycles. The van der Waals surface area contributed by atoms with E-state index in [0.717, 1.165) is 0 Å². The average molecular weight is 621 g/mol. The summed E-state index contributed by atoms with van der Waals surface area (Å²) < 4.78 is 41.4. The molecule has 0 spiro atoms. The van der Waals surface area contributed by atoms with Gasteiger partial charge in [0.15, 0.2) is 27.2 Å². The maximum atomic E-state index is 12.7. The highest BCUT2D eigenvalue weighted by molar-refractivity contribution is 5.92. The van der Waals surface area contributed by atoms with Gasteiger partial charge < -0.3 is 37.9 Å². The zero-order valence-corrected chi connectivity index (χ0v) is 25.0. The summed E-state index contributed by atoms with van der Waals surface area (Å²) in [6, 6.07) is 16.9. The zero-order valence-electron chi connectivity index (χ0n) is 25.0. The maximum Gasteiger partial charge on any atom is 0.343 e. The molecule has 45 heavy (non-hydrogen) atoms. The Kier molecular flexibility index (Phi) is 12.9. The van der Waals surface area contributed by atoms with E-state index in [4.69, 9.17) is 37.9 Å². The van der Waals surface area contributed by atoms with E-state index in [2.05, 4.69) is 13.2 Å². The summed E-state index contributed by atoms with van der Waals surface area (Å²) in [4.78, 5) is 47.8. The van der Waals surface area contributed by atoms with Crippen LogP contribution in [0, 0.1) is 6.92 Å². The number of hydrogen-bond acceptors (Lipinski definition) is 12. The van der Waals surface area contributed by atoms with E-state index in [1.165, 1.54) is 50.2 Å². The first kappa shape index (κ1) is 34.0. The molecular formula is C33H32O12. The lowest BCUT2D eigenvalue weighted by atomic mass is 10.2. The van der Waals surface area contributed by atoms with Gasteiger partial charge in [0.05, 0.1) is 11.1 Å². The summed E-state index contributed by atoms with van der Waals surface area (Å²) in [6.07, 6.45) is 0. The zero-order chi connectivity index (χ0) is 32.8. The van der Waals surface area contributed by atoms with Gasteiger partial charge in [-0.1, -0.05) is 13.2 Å². The lowest BCUT2D eigenvalue weighted by molar-refractivity contribution is -0.158. The second-order valence-corrected chi connectivity index (χ2v) is 9.35. The van der Waals surface area contributed by atoms with E-state index in [1.807, 2.05) is 0 Å². The van der Waals surface area contributed by atoms with Crippen LogP contribution in [0.5, 0.6) is 23.0 Å². The monoisotopic (exact) mass is 620 g/mol. The van der Waals surface area contributed by atoms with Crippen molar-refractivity contribution < 1.29 is 57.1 Å². The Bertz CT molecular complexity index is 1520. The standard InChI is InChI=1S/C33H32O12/c1-21(2)30(34)42-19-38-17-40-26-10-6-24(7-11-26)32(36)44-28-14-15-29(23(5)16-28)45-33(37)25-8-12-27(13-9-25)41-18-39-20-43-31(35)22(3)4/h6-16H,1,3,17-20H2,2,4-5H3. The number of hydrogen-bond donors (Lipinski definition) is 0. The number of carbonyl (C=O) groups is 4. The summed E-state index contributed by atoms with van der Waals surface area (Å²) in [7, 11) is 0. The van der Waals surface area contributed by atoms with Crippen LogP contribution in [-0.2, 0) is 28.5 Å². The molecule has 0 atom stereocenters. The number of aryl methyl sites for hydroxylation is 1. The summed E-state index contributed by atoms with van der Waals surface area (Å²) in [5.74, 6) is -0.936. The van der Waals surface area contributed by atoms with Crippen molar-refractivity contribution in [2.45, 2.75) is 20.8 Å². The fourth-order valence-corrected chi connectivity index (χ4v) is 3.22. The molecule has 12 heteroatoms. The first-order valence-electron chi connectivity index (χ1n) is 13.3. The Morgan fingerprint density at radius 3 is 1.42 bits per heavy atom. The number of benzene rings is 3. The summed E-state index contributed by atoms with van der Waals surface area (Å²) in [5.41, 5.74) is 1.63. The van der Waals surface area contributed by atoms with Crippen LogP contribution in [0.15, 0.2) is 91.0 Å². The van der Waals surface area contributed by atoms with Gasteiger partial charge in [0.25, 0.3) is 0 Å². The smallest absolute Gasteiger partial charge is 0.343 e. The Labute approximate surface area is 259 Å². The minimum absolute atomic E-state index is 0.170. The molecule has 0 fully saturated rings. The number of ether oxygens (including phenoxy) is 8. The number of rotatable bonds is 16. The van der Waals surface area contributed by atoms with Crippen LogP contribution in [0.1, 0.15) is 40.1 Å². The van der Waals surface area contributed by atoms with E-state index in [9.17, 15) is 19.2 Å². The summed E-state index contributed by atoms with van der Waals surface area (Å²) in [5, 5.41) is 0. The van der Waals surface area contributed by atoms with Crippen LogP contribution in [0.4, 0.5) is 0 Å². The van der Waals surface area contributed by atoms with Gasteiger partial charge in [0.2, 0.25) is 0 Å². The largest absolute Gasteiger partial charge is 0.467 e. The first-order chi connectivity index (χ1) is 21.5. The normalized spacial score (nSPS) is 10.3. The van der Waals surface area contributed by atoms with Crippen LogP contribution in [-0.4, -0.2) is 51.0 Å². The molecule has 3 rings (SSSR count). The molecule has 0 radical (unpaired) electrons. The number of carbonyl (C=O) groups excluding carboxylic acids is 4. The van der Waals surface area contributed by atoms with Crippen molar-refractivity contribution in [2.75, 3.05) is 27.2 Å². The number of esters is 4. The molecule has 0 N–H and O–H groups in total. The summed E-state index contributed by atoms with van der Waals surface area (Å²) in [6.45, 7) is 10.8. The van der Waals surface area contributed by atoms with E-state index < -0.39 is 23.9 Å². The second kappa shape index (κ2) is 17.0. The van der Waals surface area contributed by atoms with Gasteiger partial charge in [-0.15, -0.1) is 0 Å². The molecule has 0 aliphatic heterocycles. The van der Waals surface area contributed by atoms with Crippen molar-refractivity contribution in [1.82, 2.24) is 0 Å². The van der Waals surface area contributed by atoms with Crippen molar-refractivity contribution in [3.8, 4) is 23.0 Å². The lowest BCUT2D eigenvalue weighted by Crippen LogP contribution is -2.12. The van der Waals surface area contributed by atoms with Gasteiger partial charge in [-0.25, -0.2) is 19.2 Å². The molecule has 0 amide bonds. The molecule has 0 unspecified atom stereocenters. The molecule has 236 valence electrons. The lowest BCUT2D eigenvalue weighted by Gasteiger charge is -2.11. The predicted molar refractivity (Wildman–Crippen MR) is 159 cm³/mol. The summed E-state index contributed by atoms with van der Waals surface area (Å²) >= 11 is 0. The Morgan fingerprint density at radius 2 is 1.00 bits per heavy atom. The fraction of sp³-hybridized carbons (Fsp3) is 0.212. The Hall–Kier alpha value is -5.46. The minimum atomic E-state index is -0.603. The van der Waals surface area contributed by atoms with E-state index in [1.54, 1.807) is 37.3 Å². The third-order valence-corrected chi connectivity index (χ3v) is 5.60. The van der Waals surface area contributed by atoms with Crippen molar-refractivity contribution in [3.63, 3.8) is 0 Å². The van der Waals surface area contributed by atoms with Crippen LogP contribution >= 0.6 is 0 Å². The second-order valence-electron chi connectivity index (χ2n) is 9.35. The van der Waals surface area contributed by atoms with Gasteiger partial charge in [-0.2, -0.15) is 0 Å². The molecule has 12 nitrogen and oxygen atoms in total. The van der Waals surface area contributed by atoms with Gasteiger partial charge in [0, 0.05) is 11.1 Å². The third kappa shape index (κ3) is 11.3. The van der Waals surface area contributed by atoms with E-state index in [0.29, 0.717) is 17.1 Å². The minimum Gasteiger partial charge on any atom is -0.467 e. The van der Waals surface area contributed by atoms with Gasteiger partial charge in [0.1, 0.15) is 23.0 Å². The molecule has 0 heterocycles. The molecule has 0 saturated heterocycles. The Morgan fingerprint density at radius 1 is 0.578 bits per heavy atom. The highest BCUT2D eigenvalue weighted by Crippen LogP contribution is 2.26. The SMILES string of the molecule is C=C(C)C(=O)OCOCOc1ccc(C(=O)Oc2ccc(OC(=O)c3ccc(OCOCOC(=O)C(=C)C)cc3)c(C)c2)cc1. The fourth-order valence-electron chi connectivity index (χ4n) is 3.22. The molecule has 0 aliphatic rings. The average Bonchev–Trinajstić information content (AvgIpc) is 3.02. The quantitative estimate of drug-likeness (QED) is 0.0675. The molecule has 0 aliphatic carbocycles. The van der Waals surface area contributed by atoms with Gasteiger partial charge in [-0.3, -0.25) is 0 Å². The van der Waals surface area contributed by atoms with Crippen molar-refractivity contribution in [2.24, 2.45) is 0 Å². The highest BCUT2D eigenvalue weighted by Gasteiger charge is 2.14. The van der Waals surface area contributed by atoms with E-state index >= 15 is 0 Å².